The molecule has 0 spiro atoms. The molecule has 1 aromatic heterocycles. The molecular weight excluding hydrogens is 313 g/mol. The second-order valence-electron chi connectivity index (χ2n) is 4.64. The number of ether oxygens (including phenoxy) is 1. The van der Waals surface area contributed by atoms with E-state index in [9.17, 15) is 22.8 Å². The standard InChI is InChI=1S/C15H13F3N2O3/c1-23-12-6-3-7-20(14(12)22)9-13(21)19-11-5-2-4-10(8-11)15(16,17)18/h2-8H,9H2,1H3,(H,19,21). The van der Waals surface area contributed by atoms with Gasteiger partial charge < -0.3 is 14.6 Å². The van der Waals surface area contributed by atoms with Crippen LogP contribution in [0.15, 0.2) is 47.4 Å². The number of benzene rings is 1. The molecule has 2 rings (SSSR count). The van der Waals surface area contributed by atoms with E-state index in [4.69, 9.17) is 4.74 Å². The molecule has 2 aromatic rings. The largest absolute Gasteiger partial charge is 0.491 e. The van der Waals surface area contributed by atoms with Gasteiger partial charge in [0.25, 0.3) is 5.56 Å². The summed E-state index contributed by atoms with van der Waals surface area (Å²) in [5.74, 6) is -0.556. The Morgan fingerprint density at radius 2 is 2.00 bits per heavy atom. The Morgan fingerprint density at radius 1 is 1.26 bits per heavy atom. The van der Waals surface area contributed by atoms with Crippen LogP contribution in [-0.4, -0.2) is 17.6 Å². The molecule has 122 valence electrons. The number of aromatic nitrogens is 1. The summed E-state index contributed by atoms with van der Waals surface area (Å²) in [6.45, 7) is -0.341. The van der Waals surface area contributed by atoms with Crippen LogP contribution >= 0.6 is 0 Å². The van der Waals surface area contributed by atoms with Crippen LogP contribution in [0.5, 0.6) is 5.75 Å². The lowest BCUT2D eigenvalue weighted by Gasteiger charge is -2.11. The zero-order valence-corrected chi connectivity index (χ0v) is 12.1. The fraction of sp³-hybridized carbons (Fsp3) is 0.200. The molecule has 1 N–H and O–H groups in total. The highest BCUT2D eigenvalue weighted by Gasteiger charge is 2.30. The van der Waals surface area contributed by atoms with Gasteiger partial charge in [-0.1, -0.05) is 6.07 Å². The average molecular weight is 326 g/mol. The molecule has 0 fully saturated rings. The summed E-state index contributed by atoms with van der Waals surface area (Å²) >= 11 is 0. The van der Waals surface area contributed by atoms with Crippen molar-refractivity contribution in [1.82, 2.24) is 4.57 Å². The first kappa shape index (κ1) is 16.6. The molecule has 23 heavy (non-hydrogen) atoms. The molecule has 1 heterocycles. The molecule has 0 saturated carbocycles. The summed E-state index contributed by atoms with van der Waals surface area (Å²) < 4.78 is 43.8. The maximum atomic E-state index is 12.6. The zero-order chi connectivity index (χ0) is 17.0. The van der Waals surface area contributed by atoms with Gasteiger partial charge in [0.1, 0.15) is 6.54 Å². The Morgan fingerprint density at radius 3 is 2.65 bits per heavy atom. The number of nitrogens with one attached hydrogen (secondary N) is 1. The number of rotatable bonds is 4. The first-order valence-corrected chi connectivity index (χ1v) is 6.52. The topological polar surface area (TPSA) is 60.3 Å². The van der Waals surface area contributed by atoms with Gasteiger partial charge in [0, 0.05) is 11.9 Å². The van der Waals surface area contributed by atoms with E-state index in [1.807, 2.05) is 0 Å². The fourth-order valence-electron chi connectivity index (χ4n) is 1.92. The Hall–Kier alpha value is -2.77. The number of halogens is 3. The van der Waals surface area contributed by atoms with Crippen LogP contribution in [0.1, 0.15) is 5.56 Å². The van der Waals surface area contributed by atoms with Crippen molar-refractivity contribution in [2.45, 2.75) is 12.7 Å². The van der Waals surface area contributed by atoms with Crippen LogP contribution in [0.25, 0.3) is 0 Å². The lowest BCUT2D eigenvalue weighted by Crippen LogP contribution is -2.27. The molecule has 1 aromatic carbocycles. The van der Waals surface area contributed by atoms with Crippen LogP contribution in [0.4, 0.5) is 18.9 Å². The molecule has 0 bridgehead atoms. The van der Waals surface area contributed by atoms with Crippen molar-refractivity contribution >= 4 is 11.6 Å². The third-order valence-electron chi connectivity index (χ3n) is 2.99. The van der Waals surface area contributed by atoms with Gasteiger partial charge in [0.15, 0.2) is 5.75 Å². The van der Waals surface area contributed by atoms with E-state index in [0.29, 0.717) is 0 Å². The van der Waals surface area contributed by atoms with Crippen molar-refractivity contribution in [2.75, 3.05) is 12.4 Å². The lowest BCUT2D eigenvalue weighted by atomic mass is 10.2. The smallest absolute Gasteiger partial charge is 0.416 e. The third kappa shape index (κ3) is 4.12. The van der Waals surface area contributed by atoms with E-state index in [0.717, 1.165) is 16.7 Å². The van der Waals surface area contributed by atoms with Gasteiger partial charge in [-0.05, 0) is 30.3 Å². The monoisotopic (exact) mass is 326 g/mol. The summed E-state index contributed by atoms with van der Waals surface area (Å²) in [6, 6.07) is 7.23. The average Bonchev–Trinajstić information content (AvgIpc) is 2.49. The first-order valence-electron chi connectivity index (χ1n) is 6.52. The van der Waals surface area contributed by atoms with E-state index >= 15 is 0 Å². The molecule has 1 amide bonds. The summed E-state index contributed by atoms with van der Waals surface area (Å²) in [5, 5.41) is 2.33. The quantitative estimate of drug-likeness (QED) is 0.939. The third-order valence-corrected chi connectivity index (χ3v) is 2.99. The molecule has 8 heteroatoms. The van der Waals surface area contributed by atoms with Crippen LogP contribution < -0.4 is 15.6 Å². The SMILES string of the molecule is COc1cccn(CC(=O)Nc2cccc(C(F)(F)F)c2)c1=O. The number of nitrogens with zero attached hydrogens (tertiary/aromatic N) is 1. The Balaban J connectivity index is 2.13. The highest BCUT2D eigenvalue weighted by molar-refractivity contribution is 5.90. The van der Waals surface area contributed by atoms with Crippen molar-refractivity contribution in [3.63, 3.8) is 0 Å². The van der Waals surface area contributed by atoms with Gasteiger partial charge in [-0.2, -0.15) is 13.2 Å². The number of hydrogen-bond acceptors (Lipinski definition) is 3. The van der Waals surface area contributed by atoms with E-state index in [1.165, 1.54) is 37.6 Å². The van der Waals surface area contributed by atoms with Gasteiger partial charge in [-0.25, -0.2) is 0 Å². The minimum atomic E-state index is -4.50. The van der Waals surface area contributed by atoms with Crippen LogP contribution in [0.3, 0.4) is 0 Å². The highest BCUT2D eigenvalue weighted by Crippen LogP contribution is 2.30. The predicted octanol–water partition coefficient (Wildman–Crippen LogP) is 2.51. The Kier molecular flexibility index (Phi) is 4.73. The fourth-order valence-corrected chi connectivity index (χ4v) is 1.92. The van der Waals surface area contributed by atoms with Crippen molar-refractivity contribution in [1.29, 1.82) is 0 Å². The molecule has 0 radical (unpaired) electrons. The number of carbonyl (C=O) groups excluding carboxylic acids is 1. The van der Waals surface area contributed by atoms with Crippen LogP contribution in [0, 0.1) is 0 Å². The van der Waals surface area contributed by atoms with E-state index in [1.54, 1.807) is 0 Å². The molecule has 5 nitrogen and oxygen atoms in total. The van der Waals surface area contributed by atoms with Crippen molar-refractivity contribution < 1.29 is 22.7 Å². The number of anilines is 1. The summed E-state index contributed by atoms with van der Waals surface area (Å²) in [4.78, 5) is 23.8. The van der Waals surface area contributed by atoms with E-state index in [2.05, 4.69) is 5.32 Å². The van der Waals surface area contributed by atoms with Gasteiger partial charge in [0.2, 0.25) is 5.91 Å². The number of carbonyl (C=O) groups is 1. The molecule has 0 unspecified atom stereocenters. The summed E-state index contributed by atoms with van der Waals surface area (Å²) in [6.07, 6.45) is -3.11. The maximum absolute atomic E-state index is 12.6. The second kappa shape index (κ2) is 6.55. The van der Waals surface area contributed by atoms with E-state index < -0.39 is 23.2 Å². The minimum Gasteiger partial charge on any atom is -0.491 e. The second-order valence-corrected chi connectivity index (χ2v) is 4.64. The minimum absolute atomic E-state index is 0.000713. The Labute approximate surface area is 129 Å². The Bertz CT molecular complexity index is 769. The lowest BCUT2D eigenvalue weighted by molar-refractivity contribution is -0.137. The predicted molar refractivity (Wildman–Crippen MR) is 77.3 cm³/mol. The van der Waals surface area contributed by atoms with Crippen molar-refractivity contribution in [3.8, 4) is 5.75 Å². The number of pyridine rings is 1. The number of alkyl halides is 3. The number of hydrogen-bond donors (Lipinski definition) is 1. The van der Waals surface area contributed by atoms with Crippen molar-refractivity contribution in [3.05, 3.63) is 58.5 Å². The zero-order valence-electron chi connectivity index (χ0n) is 12.1. The van der Waals surface area contributed by atoms with Crippen molar-refractivity contribution in [2.24, 2.45) is 0 Å². The van der Waals surface area contributed by atoms with Crippen LogP contribution in [0.2, 0.25) is 0 Å². The summed E-state index contributed by atoms with van der Waals surface area (Å²) in [5.41, 5.74) is -1.37. The van der Waals surface area contributed by atoms with Gasteiger partial charge in [-0.15, -0.1) is 0 Å². The highest BCUT2D eigenvalue weighted by atomic mass is 19.4. The number of amides is 1. The molecular formula is C15H13F3N2O3. The van der Waals surface area contributed by atoms with Gasteiger partial charge >= 0.3 is 6.18 Å². The normalized spacial score (nSPS) is 11.1. The van der Waals surface area contributed by atoms with E-state index in [-0.39, 0.29) is 18.0 Å². The molecule has 0 aliphatic rings. The molecule has 0 saturated heterocycles. The van der Waals surface area contributed by atoms with Crippen LogP contribution in [-0.2, 0) is 17.5 Å². The molecule has 0 aliphatic carbocycles. The summed E-state index contributed by atoms with van der Waals surface area (Å²) in [7, 11) is 1.32. The van der Waals surface area contributed by atoms with Gasteiger partial charge in [0.05, 0.1) is 12.7 Å². The first-order chi connectivity index (χ1) is 10.8. The molecule has 0 atom stereocenters. The molecule has 0 aliphatic heterocycles. The number of methoxy groups -OCH3 is 1. The van der Waals surface area contributed by atoms with Gasteiger partial charge in [-0.3, -0.25) is 9.59 Å². The maximum Gasteiger partial charge on any atom is 0.416 e.